The standard InChI is InChI=1S/C13H22ClN3/c1-9-7-10(16-11(14)15-9)17-13(5,6)8-12(2,3)4/h7H,8H2,1-6H3,(H,15,16,17). The number of hydrogen-bond donors (Lipinski definition) is 1. The minimum atomic E-state index is -0.0254. The van der Waals surface area contributed by atoms with Gasteiger partial charge in [0.1, 0.15) is 5.82 Å². The predicted octanol–water partition coefficient (Wildman–Crippen LogP) is 4.07. The molecule has 1 heterocycles. The summed E-state index contributed by atoms with van der Waals surface area (Å²) in [4.78, 5) is 8.25. The van der Waals surface area contributed by atoms with E-state index in [0.29, 0.717) is 5.28 Å². The quantitative estimate of drug-likeness (QED) is 0.828. The van der Waals surface area contributed by atoms with E-state index in [-0.39, 0.29) is 11.0 Å². The predicted molar refractivity (Wildman–Crippen MR) is 73.6 cm³/mol. The first-order chi connectivity index (χ1) is 7.57. The van der Waals surface area contributed by atoms with Crippen LogP contribution in [0.5, 0.6) is 0 Å². The second-order valence-electron chi connectivity index (χ2n) is 6.41. The minimum absolute atomic E-state index is 0.0254. The number of rotatable bonds is 3. The Morgan fingerprint density at radius 1 is 1.18 bits per heavy atom. The fourth-order valence-electron chi connectivity index (χ4n) is 2.31. The first-order valence-electron chi connectivity index (χ1n) is 5.87. The first kappa shape index (κ1) is 14.2. The van der Waals surface area contributed by atoms with Gasteiger partial charge in [0, 0.05) is 17.3 Å². The zero-order chi connectivity index (χ0) is 13.3. The molecule has 0 fully saturated rings. The van der Waals surface area contributed by atoms with Crippen molar-refractivity contribution in [3.63, 3.8) is 0 Å². The van der Waals surface area contributed by atoms with Crippen LogP contribution in [0.25, 0.3) is 0 Å². The molecule has 0 amide bonds. The highest BCUT2D eigenvalue weighted by Gasteiger charge is 2.25. The van der Waals surface area contributed by atoms with Crippen molar-refractivity contribution in [2.75, 3.05) is 5.32 Å². The highest BCUT2D eigenvalue weighted by Crippen LogP contribution is 2.29. The lowest BCUT2D eigenvalue weighted by Gasteiger charge is -2.33. The molecule has 1 N–H and O–H groups in total. The van der Waals surface area contributed by atoms with Gasteiger partial charge in [0.2, 0.25) is 5.28 Å². The van der Waals surface area contributed by atoms with Crippen LogP contribution in [0.2, 0.25) is 5.28 Å². The maximum absolute atomic E-state index is 5.85. The third kappa shape index (κ3) is 5.35. The van der Waals surface area contributed by atoms with Crippen molar-refractivity contribution in [1.82, 2.24) is 9.97 Å². The van der Waals surface area contributed by atoms with E-state index in [1.807, 2.05) is 13.0 Å². The van der Waals surface area contributed by atoms with Gasteiger partial charge in [0.05, 0.1) is 0 Å². The molecular weight excluding hydrogens is 234 g/mol. The Kier molecular flexibility index (Phi) is 4.03. The molecule has 1 aromatic rings. The van der Waals surface area contributed by atoms with Gasteiger partial charge in [0.15, 0.2) is 0 Å². The van der Waals surface area contributed by atoms with Crippen LogP contribution in [0.1, 0.15) is 46.7 Å². The number of halogens is 1. The molecule has 0 bridgehead atoms. The molecule has 0 saturated carbocycles. The maximum atomic E-state index is 5.85. The van der Waals surface area contributed by atoms with Crippen LogP contribution in [0.3, 0.4) is 0 Å². The van der Waals surface area contributed by atoms with E-state index in [2.05, 4.69) is 49.9 Å². The fraction of sp³-hybridized carbons (Fsp3) is 0.692. The van der Waals surface area contributed by atoms with E-state index in [1.165, 1.54) is 0 Å². The summed E-state index contributed by atoms with van der Waals surface area (Å²) in [6.07, 6.45) is 1.04. The zero-order valence-corrected chi connectivity index (χ0v) is 12.3. The number of aromatic nitrogens is 2. The minimum Gasteiger partial charge on any atom is -0.365 e. The Hall–Kier alpha value is -0.830. The molecule has 3 nitrogen and oxygen atoms in total. The van der Waals surface area contributed by atoms with E-state index < -0.39 is 0 Å². The third-order valence-corrected chi connectivity index (χ3v) is 2.43. The topological polar surface area (TPSA) is 37.8 Å². The van der Waals surface area contributed by atoms with Gasteiger partial charge in [-0.2, -0.15) is 0 Å². The average Bonchev–Trinajstić information content (AvgIpc) is 1.93. The second kappa shape index (κ2) is 4.81. The molecule has 0 aliphatic carbocycles. The normalized spacial score (nSPS) is 12.6. The van der Waals surface area contributed by atoms with E-state index in [0.717, 1.165) is 17.9 Å². The van der Waals surface area contributed by atoms with Crippen LogP contribution < -0.4 is 5.32 Å². The largest absolute Gasteiger partial charge is 0.365 e. The first-order valence-corrected chi connectivity index (χ1v) is 6.25. The molecule has 0 saturated heterocycles. The average molecular weight is 256 g/mol. The van der Waals surface area contributed by atoms with Crippen LogP contribution >= 0.6 is 11.6 Å². The van der Waals surface area contributed by atoms with Crippen molar-refractivity contribution in [3.8, 4) is 0 Å². The molecule has 1 aromatic heterocycles. The van der Waals surface area contributed by atoms with E-state index in [9.17, 15) is 0 Å². The van der Waals surface area contributed by atoms with Crippen LogP contribution in [-0.2, 0) is 0 Å². The summed E-state index contributed by atoms with van der Waals surface area (Å²) in [6.45, 7) is 12.9. The molecule has 0 aliphatic heterocycles. The summed E-state index contributed by atoms with van der Waals surface area (Å²) >= 11 is 5.85. The molecular formula is C13H22ClN3. The van der Waals surface area contributed by atoms with Crippen molar-refractivity contribution in [2.24, 2.45) is 5.41 Å². The Balaban J connectivity index is 2.82. The van der Waals surface area contributed by atoms with E-state index in [1.54, 1.807) is 0 Å². The number of hydrogen-bond acceptors (Lipinski definition) is 3. The summed E-state index contributed by atoms with van der Waals surface area (Å²) in [5.41, 5.74) is 1.11. The van der Waals surface area contributed by atoms with Crippen molar-refractivity contribution in [2.45, 2.75) is 53.5 Å². The number of aryl methyl sites for hydroxylation is 1. The molecule has 1 rings (SSSR count). The highest BCUT2D eigenvalue weighted by atomic mass is 35.5. The molecule has 0 atom stereocenters. The lowest BCUT2D eigenvalue weighted by Crippen LogP contribution is -2.35. The molecule has 96 valence electrons. The van der Waals surface area contributed by atoms with Gasteiger partial charge in [0.25, 0.3) is 0 Å². The van der Waals surface area contributed by atoms with Crippen LogP contribution in [0, 0.1) is 12.3 Å². The Labute approximate surface area is 109 Å². The molecule has 0 spiro atoms. The van der Waals surface area contributed by atoms with Gasteiger partial charge in [-0.3, -0.25) is 0 Å². The summed E-state index contributed by atoms with van der Waals surface area (Å²) < 4.78 is 0. The molecule has 4 heteroatoms. The lowest BCUT2D eigenvalue weighted by molar-refractivity contribution is 0.302. The van der Waals surface area contributed by atoms with Crippen molar-refractivity contribution >= 4 is 17.4 Å². The van der Waals surface area contributed by atoms with Gasteiger partial charge >= 0.3 is 0 Å². The highest BCUT2D eigenvalue weighted by molar-refractivity contribution is 6.28. The molecule has 0 aromatic carbocycles. The van der Waals surface area contributed by atoms with E-state index >= 15 is 0 Å². The smallest absolute Gasteiger partial charge is 0.224 e. The fourth-order valence-corrected chi connectivity index (χ4v) is 2.54. The molecule has 0 unspecified atom stereocenters. The van der Waals surface area contributed by atoms with Crippen LogP contribution in [0.4, 0.5) is 5.82 Å². The molecule has 0 radical (unpaired) electrons. The zero-order valence-electron chi connectivity index (χ0n) is 11.6. The van der Waals surface area contributed by atoms with Gasteiger partial charge < -0.3 is 5.32 Å². The lowest BCUT2D eigenvalue weighted by atomic mass is 9.82. The number of nitrogens with zero attached hydrogens (tertiary/aromatic N) is 2. The van der Waals surface area contributed by atoms with Gasteiger partial charge in [-0.15, -0.1) is 0 Å². The summed E-state index contributed by atoms with van der Waals surface area (Å²) in [7, 11) is 0. The van der Waals surface area contributed by atoms with Gasteiger partial charge in [-0.1, -0.05) is 20.8 Å². The SMILES string of the molecule is Cc1cc(NC(C)(C)CC(C)(C)C)nc(Cl)n1. The Morgan fingerprint density at radius 2 is 1.76 bits per heavy atom. The number of nitrogens with one attached hydrogen (secondary N) is 1. The van der Waals surface area contributed by atoms with Gasteiger partial charge in [-0.05, 0) is 44.2 Å². The van der Waals surface area contributed by atoms with Crippen molar-refractivity contribution < 1.29 is 0 Å². The summed E-state index contributed by atoms with van der Waals surface area (Å²) in [5.74, 6) is 0.789. The second-order valence-corrected chi connectivity index (χ2v) is 6.75. The van der Waals surface area contributed by atoms with Crippen LogP contribution in [-0.4, -0.2) is 15.5 Å². The van der Waals surface area contributed by atoms with Crippen molar-refractivity contribution in [1.29, 1.82) is 0 Å². The Bertz CT molecular complexity index is 374. The maximum Gasteiger partial charge on any atom is 0.224 e. The monoisotopic (exact) mass is 255 g/mol. The van der Waals surface area contributed by atoms with Crippen molar-refractivity contribution in [3.05, 3.63) is 17.0 Å². The van der Waals surface area contributed by atoms with Crippen LogP contribution in [0.15, 0.2) is 6.07 Å². The summed E-state index contributed by atoms with van der Waals surface area (Å²) in [5, 5.41) is 3.71. The number of anilines is 1. The van der Waals surface area contributed by atoms with Gasteiger partial charge in [-0.25, -0.2) is 9.97 Å². The Morgan fingerprint density at radius 3 is 2.24 bits per heavy atom. The third-order valence-electron chi connectivity index (χ3n) is 2.27. The summed E-state index contributed by atoms with van der Waals surface area (Å²) in [6, 6.07) is 1.91. The molecule has 0 aliphatic rings. The van der Waals surface area contributed by atoms with E-state index in [4.69, 9.17) is 11.6 Å². The molecule has 17 heavy (non-hydrogen) atoms.